The van der Waals surface area contributed by atoms with Crippen LogP contribution >= 0.6 is 15.9 Å². The molecule has 0 aliphatic heterocycles. The van der Waals surface area contributed by atoms with E-state index < -0.39 is 0 Å². The maximum absolute atomic E-state index is 4.81. The fraction of sp³-hybridized carbons (Fsp3) is 0.0870. The van der Waals surface area contributed by atoms with Crippen molar-refractivity contribution in [2.75, 3.05) is 0 Å². The second-order valence-electron chi connectivity index (χ2n) is 6.44. The van der Waals surface area contributed by atoms with Crippen molar-refractivity contribution in [2.45, 2.75) is 13.8 Å². The summed E-state index contributed by atoms with van der Waals surface area (Å²) in [6.45, 7) is 4.15. The van der Waals surface area contributed by atoms with Crippen LogP contribution in [0.5, 0.6) is 0 Å². The van der Waals surface area contributed by atoms with E-state index in [1.54, 1.807) is 0 Å². The van der Waals surface area contributed by atoms with Crippen LogP contribution in [0.15, 0.2) is 77.3 Å². The van der Waals surface area contributed by atoms with Crippen molar-refractivity contribution < 1.29 is 0 Å². The van der Waals surface area contributed by atoms with Crippen molar-refractivity contribution in [3.63, 3.8) is 0 Å². The minimum atomic E-state index is 0.675. The van der Waals surface area contributed by atoms with E-state index in [0.717, 1.165) is 32.3 Å². The first-order valence-electron chi connectivity index (χ1n) is 8.76. The van der Waals surface area contributed by atoms with Crippen LogP contribution in [-0.2, 0) is 0 Å². The summed E-state index contributed by atoms with van der Waals surface area (Å²) in [6.07, 6.45) is 0. The third kappa shape index (κ3) is 3.67. The molecule has 3 aromatic carbocycles. The number of hydrogen-bond acceptors (Lipinski definition) is 3. The van der Waals surface area contributed by atoms with Gasteiger partial charge in [0.05, 0.1) is 0 Å². The Labute approximate surface area is 167 Å². The largest absolute Gasteiger partial charge is 0.208 e. The molecule has 0 unspecified atom stereocenters. The Morgan fingerprint density at radius 2 is 1.00 bits per heavy atom. The molecule has 1 heterocycles. The normalized spacial score (nSPS) is 10.8. The fourth-order valence-corrected chi connectivity index (χ4v) is 3.26. The molecule has 0 fully saturated rings. The molecular formula is C23H18BrN3. The second-order valence-corrected chi connectivity index (χ2v) is 7.36. The molecule has 4 rings (SSSR count). The smallest absolute Gasteiger partial charge is 0.164 e. The van der Waals surface area contributed by atoms with Crippen molar-refractivity contribution in [3.05, 3.63) is 88.4 Å². The molecule has 132 valence electrons. The van der Waals surface area contributed by atoms with Gasteiger partial charge in [-0.1, -0.05) is 76.6 Å². The predicted molar refractivity (Wildman–Crippen MR) is 113 cm³/mol. The summed E-state index contributed by atoms with van der Waals surface area (Å²) in [5.41, 5.74) is 5.29. The SMILES string of the molecule is Cc1ccccc1-c1nc(-c2ccc(Br)cc2)nc(-c2ccccc2C)n1. The lowest BCUT2D eigenvalue weighted by molar-refractivity contribution is 1.07. The first kappa shape index (κ1) is 17.6. The molecule has 4 heteroatoms. The lowest BCUT2D eigenvalue weighted by Crippen LogP contribution is -2.01. The lowest BCUT2D eigenvalue weighted by Gasteiger charge is -2.11. The molecule has 0 aliphatic carbocycles. The minimum Gasteiger partial charge on any atom is -0.208 e. The van der Waals surface area contributed by atoms with Crippen LogP contribution < -0.4 is 0 Å². The summed E-state index contributed by atoms with van der Waals surface area (Å²) < 4.78 is 1.03. The van der Waals surface area contributed by atoms with Crippen LogP contribution in [0.1, 0.15) is 11.1 Å². The summed E-state index contributed by atoms with van der Waals surface area (Å²) in [5.74, 6) is 2.06. The van der Waals surface area contributed by atoms with E-state index in [9.17, 15) is 0 Å². The topological polar surface area (TPSA) is 38.7 Å². The van der Waals surface area contributed by atoms with E-state index >= 15 is 0 Å². The fourth-order valence-electron chi connectivity index (χ4n) is 2.99. The van der Waals surface area contributed by atoms with E-state index in [4.69, 9.17) is 15.0 Å². The van der Waals surface area contributed by atoms with Gasteiger partial charge in [0.25, 0.3) is 0 Å². The van der Waals surface area contributed by atoms with Gasteiger partial charge < -0.3 is 0 Å². The number of aromatic nitrogens is 3. The van der Waals surface area contributed by atoms with Crippen LogP contribution in [0.4, 0.5) is 0 Å². The molecule has 0 radical (unpaired) electrons. The van der Waals surface area contributed by atoms with Gasteiger partial charge in [-0.3, -0.25) is 0 Å². The molecule has 0 aliphatic rings. The first-order chi connectivity index (χ1) is 13.1. The molecule has 3 nitrogen and oxygen atoms in total. The van der Waals surface area contributed by atoms with Gasteiger partial charge in [0, 0.05) is 21.2 Å². The van der Waals surface area contributed by atoms with Gasteiger partial charge in [-0.15, -0.1) is 0 Å². The highest BCUT2D eigenvalue weighted by atomic mass is 79.9. The Kier molecular flexibility index (Phi) is 4.82. The lowest BCUT2D eigenvalue weighted by atomic mass is 10.1. The monoisotopic (exact) mass is 415 g/mol. The van der Waals surface area contributed by atoms with Gasteiger partial charge in [-0.25, -0.2) is 15.0 Å². The third-order valence-electron chi connectivity index (χ3n) is 4.51. The van der Waals surface area contributed by atoms with Gasteiger partial charge in [0.2, 0.25) is 0 Å². The first-order valence-corrected chi connectivity index (χ1v) is 9.55. The maximum atomic E-state index is 4.81. The zero-order chi connectivity index (χ0) is 18.8. The summed E-state index contributed by atoms with van der Waals surface area (Å²) in [5, 5.41) is 0. The molecule has 0 amide bonds. The zero-order valence-electron chi connectivity index (χ0n) is 15.1. The standard InChI is InChI=1S/C23H18BrN3/c1-15-7-3-5-9-19(15)22-25-21(17-11-13-18(24)14-12-17)26-23(27-22)20-10-6-4-8-16(20)2/h3-14H,1-2H3. The van der Waals surface area contributed by atoms with Crippen molar-refractivity contribution in [1.82, 2.24) is 15.0 Å². The number of benzene rings is 3. The number of halogens is 1. The van der Waals surface area contributed by atoms with E-state index in [1.165, 1.54) is 0 Å². The van der Waals surface area contributed by atoms with E-state index in [0.29, 0.717) is 17.5 Å². The maximum Gasteiger partial charge on any atom is 0.164 e. The van der Waals surface area contributed by atoms with E-state index in [2.05, 4.69) is 54.0 Å². The van der Waals surface area contributed by atoms with Crippen LogP contribution in [0.25, 0.3) is 34.2 Å². The summed E-state index contributed by atoms with van der Waals surface area (Å²) in [7, 11) is 0. The van der Waals surface area contributed by atoms with E-state index in [-0.39, 0.29) is 0 Å². The summed E-state index contributed by atoms with van der Waals surface area (Å²) >= 11 is 3.49. The molecule has 1 aromatic heterocycles. The molecule has 0 N–H and O–H groups in total. The molecule has 0 bridgehead atoms. The highest BCUT2D eigenvalue weighted by Gasteiger charge is 2.14. The molecule has 0 saturated carbocycles. The van der Waals surface area contributed by atoms with Gasteiger partial charge in [0.1, 0.15) is 0 Å². The van der Waals surface area contributed by atoms with Gasteiger partial charge >= 0.3 is 0 Å². The molecule has 4 aromatic rings. The molecule has 0 saturated heterocycles. The van der Waals surface area contributed by atoms with Gasteiger partial charge in [-0.05, 0) is 37.1 Å². The number of aryl methyl sites for hydroxylation is 2. The minimum absolute atomic E-state index is 0.675. The Morgan fingerprint density at radius 1 is 0.556 bits per heavy atom. The predicted octanol–water partition coefficient (Wildman–Crippen LogP) is 6.25. The molecule has 0 atom stereocenters. The Hall–Kier alpha value is -2.85. The van der Waals surface area contributed by atoms with Crippen LogP contribution in [-0.4, -0.2) is 15.0 Å². The quantitative estimate of drug-likeness (QED) is 0.396. The third-order valence-corrected chi connectivity index (χ3v) is 5.04. The van der Waals surface area contributed by atoms with E-state index in [1.807, 2.05) is 48.5 Å². The highest BCUT2D eigenvalue weighted by molar-refractivity contribution is 9.10. The van der Waals surface area contributed by atoms with Crippen LogP contribution in [0.2, 0.25) is 0 Å². The van der Waals surface area contributed by atoms with Gasteiger partial charge in [-0.2, -0.15) is 0 Å². The molecule has 27 heavy (non-hydrogen) atoms. The summed E-state index contributed by atoms with van der Waals surface area (Å²) in [6, 6.07) is 24.4. The van der Waals surface area contributed by atoms with Crippen molar-refractivity contribution >= 4 is 15.9 Å². The molecule has 0 spiro atoms. The van der Waals surface area contributed by atoms with Crippen molar-refractivity contribution in [3.8, 4) is 34.2 Å². The van der Waals surface area contributed by atoms with Crippen molar-refractivity contribution in [2.24, 2.45) is 0 Å². The average Bonchev–Trinajstić information content (AvgIpc) is 2.69. The Balaban J connectivity index is 1.95. The zero-order valence-corrected chi connectivity index (χ0v) is 16.7. The number of rotatable bonds is 3. The average molecular weight is 416 g/mol. The summed E-state index contributed by atoms with van der Waals surface area (Å²) in [4.78, 5) is 14.4. The Bertz CT molecular complexity index is 1040. The second kappa shape index (κ2) is 7.41. The Morgan fingerprint density at radius 3 is 1.48 bits per heavy atom. The molecular weight excluding hydrogens is 398 g/mol. The van der Waals surface area contributed by atoms with Crippen molar-refractivity contribution in [1.29, 1.82) is 0 Å². The number of hydrogen-bond donors (Lipinski definition) is 0. The van der Waals surface area contributed by atoms with Crippen LogP contribution in [0, 0.1) is 13.8 Å². The van der Waals surface area contributed by atoms with Gasteiger partial charge in [0.15, 0.2) is 17.5 Å². The van der Waals surface area contributed by atoms with Crippen LogP contribution in [0.3, 0.4) is 0 Å². The number of nitrogens with zero attached hydrogens (tertiary/aromatic N) is 3. The highest BCUT2D eigenvalue weighted by Crippen LogP contribution is 2.28.